The number of hydrogen-bond acceptors (Lipinski definition) is 6. The largest absolute Gasteiger partial charge is 0.378 e. The Balaban J connectivity index is 0.00000176. The van der Waals surface area contributed by atoms with Crippen LogP contribution in [0.2, 0.25) is 0 Å². The Hall–Kier alpha value is -4.05. The van der Waals surface area contributed by atoms with Gasteiger partial charge in [-0.2, -0.15) is 5.10 Å². The fourth-order valence-corrected chi connectivity index (χ4v) is 3.73. The highest BCUT2D eigenvalue weighted by molar-refractivity contribution is 6.46. The van der Waals surface area contributed by atoms with Gasteiger partial charge in [0, 0.05) is 7.05 Å². The Morgan fingerprint density at radius 2 is 1.97 bits per heavy atom. The number of aryl methyl sites for hydroxylation is 1. The highest BCUT2D eigenvalue weighted by Gasteiger charge is 2.48. The number of nitrogens with zero attached hydrogens (tertiary/aromatic N) is 4. The number of anilines is 1. The van der Waals surface area contributed by atoms with E-state index in [1.165, 1.54) is 18.0 Å². The zero-order valence-corrected chi connectivity index (χ0v) is 21.0. The molecule has 0 saturated carbocycles. The molecule has 3 N–H and O–H groups in total. The highest BCUT2D eigenvalue weighted by atomic mass is 19.1. The molecule has 1 fully saturated rings. The van der Waals surface area contributed by atoms with Gasteiger partial charge in [0.15, 0.2) is 11.3 Å². The number of aliphatic hydroxyl groups is 1. The van der Waals surface area contributed by atoms with Crippen molar-refractivity contribution in [1.82, 2.24) is 19.9 Å². The number of nitrogens with one attached hydrogen (secondary N) is 2. The Labute approximate surface area is 209 Å². The van der Waals surface area contributed by atoms with E-state index >= 15 is 0 Å². The molecule has 4 rings (SSSR count). The third-order valence-electron chi connectivity index (χ3n) is 5.57. The molecule has 0 unspecified atom stereocenters. The third kappa shape index (κ3) is 5.44. The molecule has 3 aromatic rings. The smallest absolute Gasteiger partial charge is 0.276 e. The van der Waals surface area contributed by atoms with Crippen molar-refractivity contribution in [2.75, 3.05) is 25.5 Å². The van der Waals surface area contributed by atoms with Crippen molar-refractivity contribution in [2.24, 2.45) is 5.10 Å². The maximum Gasteiger partial charge on any atom is 0.276 e. The number of para-hydroxylation sites is 2. The number of H-pyrrole nitrogens is 1. The summed E-state index contributed by atoms with van der Waals surface area (Å²) >= 11 is 0. The molecule has 1 aliphatic heterocycles. The van der Waals surface area contributed by atoms with Gasteiger partial charge in [0.25, 0.3) is 5.91 Å². The van der Waals surface area contributed by atoms with Crippen LogP contribution in [0.1, 0.15) is 32.2 Å². The minimum Gasteiger partial charge on any atom is -0.378 e. The zero-order valence-electron chi connectivity index (χ0n) is 21.0. The molecular weight excluding hydrogens is 463 g/mol. The van der Waals surface area contributed by atoms with Gasteiger partial charge in [0.2, 0.25) is 6.41 Å². The SMILES string of the molecule is C/C=C(Nc1ccc(C)cc1F)\C(=N/N(C)C=O)C(=O)N1CC(O)(c2nc3ccccc3[nH]2)C1.CC. The standard InChI is InChI=1S/C24H25FN6O3.C2H6/c1-4-17(26-18-10-9-15(2)11-16(18)25)21(29-30(3)14-32)22(33)31-12-24(34,13-31)23-27-19-7-5-6-8-20(19)28-23;1-2/h4-11,14,26,34H,12-13H2,1-3H3,(H,27,28);1-2H3/b17-4+,29-21+;. The lowest BCUT2D eigenvalue weighted by atomic mass is 9.92. The first-order valence-corrected chi connectivity index (χ1v) is 11.7. The summed E-state index contributed by atoms with van der Waals surface area (Å²) in [5.74, 6) is -0.645. The molecule has 0 bridgehead atoms. The normalized spacial score (nSPS) is 15.0. The van der Waals surface area contributed by atoms with Crippen molar-refractivity contribution < 1.29 is 19.1 Å². The van der Waals surface area contributed by atoms with E-state index in [1.54, 1.807) is 32.1 Å². The molecule has 36 heavy (non-hydrogen) atoms. The summed E-state index contributed by atoms with van der Waals surface area (Å²) in [4.78, 5) is 33.4. The molecule has 0 spiro atoms. The highest BCUT2D eigenvalue weighted by Crippen LogP contribution is 2.32. The van der Waals surface area contributed by atoms with Crippen LogP contribution >= 0.6 is 0 Å². The van der Waals surface area contributed by atoms with Crippen LogP contribution < -0.4 is 5.32 Å². The van der Waals surface area contributed by atoms with Gasteiger partial charge >= 0.3 is 0 Å². The quantitative estimate of drug-likeness (QED) is 0.264. The van der Waals surface area contributed by atoms with E-state index in [1.807, 2.05) is 38.1 Å². The second kappa shape index (κ2) is 11.1. The number of aromatic amines is 1. The summed E-state index contributed by atoms with van der Waals surface area (Å²) in [6, 6.07) is 12.1. The third-order valence-corrected chi connectivity index (χ3v) is 5.57. The lowest BCUT2D eigenvalue weighted by Gasteiger charge is -2.45. The molecule has 0 atom stereocenters. The van der Waals surface area contributed by atoms with Crippen LogP contribution in [0, 0.1) is 12.7 Å². The molecular formula is C26H31FN6O3. The van der Waals surface area contributed by atoms with Crippen molar-refractivity contribution in [3.63, 3.8) is 0 Å². The number of benzene rings is 2. The van der Waals surface area contributed by atoms with E-state index in [2.05, 4.69) is 20.4 Å². The molecule has 9 nitrogen and oxygen atoms in total. The summed E-state index contributed by atoms with van der Waals surface area (Å²) in [7, 11) is 1.39. The van der Waals surface area contributed by atoms with Gasteiger partial charge in [-0.1, -0.05) is 38.1 Å². The van der Waals surface area contributed by atoms with Crippen LogP contribution in [0.25, 0.3) is 11.0 Å². The summed E-state index contributed by atoms with van der Waals surface area (Å²) in [5, 5.41) is 19.0. The first kappa shape index (κ1) is 26.6. The fourth-order valence-electron chi connectivity index (χ4n) is 3.73. The van der Waals surface area contributed by atoms with E-state index < -0.39 is 17.3 Å². The van der Waals surface area contributed by atoms with Crippen molar-refractivity contribution in [2.45, 2.75) is 33.3 Å². The topological polar surface area (TPSA) is 114 Å². The van der Waals surface area contributed by atoms with Gasteiger partial charge < -0.3 is 20.3 Å². The molecule has 2 amide bonds. The maximum atomic E-state index is 14.4. The Morgan fingerprint density at radius 3 is 2.58 bits per heavy atom. The minimum atomic E-state index is -1.34. The van der Waals surface area contributed by atoms with Crippen molar-refractivity contribution in [3.05, 3.63) is 71.4 Å². The molecule has 2 aromatic carbocycles. The van der Waals surface area contributed by atoms with E-state index in [0.717, 1.165) is 16.1 Å². The number of imidazole rings is 1. The number of carbonyl (C=O) groups is 2. The molecule has 1 saturated heterocycles. The van der Waals surface area contributed by atoms with Crippen LogP contribution in [0.5, 0.6) is 0 Å². The summed E-state index contributed by atoms with van der Waals surface area (Å²) in [5.41, 5.74) is 1.20. The molecule has 2 heterocycles. The number of aromatic nitrogens is 2. The molecule has 10 heteroatoms. The van der Waals surface area contributed by atoms with Gasteiger partial charge in [-0.05, 0) is 43.7 Å². The fraction of sp³-hybridized carbons (Fsp3) is 0.308. The van der Waals surface area contributed by atoms with Crippen LogP contribution in [0.4, 0.5) is 10.1 Å². The Bertz CT molecular complexity index is 1280. The monoisotopic (exact) mass is 494 g/mol. The number of rotatable bonds is 7. The van der Waals surface area contributed by atoms with E-state index in [4.69, 9.17) is 0 Å². The average Bonchev–Trinajstić information content (AvgIpc) is 3.31. The van der Waals surface area contributed by atoms with Gasteiger partial charge in [0.05, 0.1) is 35.5 Å². The van der Waals surface area contributed by atoms with E-state index in [9.17, 15) is 19.1 Å². The average molecular weight is 495 g/mol. The number of hydrogen-bond donors (Lipinski definition) is 3. The van der Waals surface area contributed by atoms with E-state index in [0.29, 0.717) is 17.8 Å². The van der Waals surface area contributed by atoms with Crippen molar-refractivity contribution >= 4 is 34.7 Å². The second-order valence-corrected chi connectivity index (χ2v) is 8.23. The molecule has 1 aromatic heterocycles. The van der Waals surface area contributed by atoms with Gasteiger partial charge in [-0.25, -0.2) is 14.4 Å². The number of carbonyl (C=O) groups excluding carboxylic acids is 2. The van der Waals surface area contributed by atoms with E-state index in [-0.39, 0.29) is 30.2 Å². The van der Waals surface area contributed by atoms with Gasteiger partial charge in [-0.15, -0.1) is 0 Å². The second-order valence-electron chi connectivity index (χ2n) is 8.23. The predicted molar refractivity (Wildman–Crippen MR) is 138 cm³/mol. The van der Waals surface area contributed by atoms with Crippen LogP contribution in [0.3, 0.4) is 0 Å². The van der Waals surface area contributed by atoms with Gasteiger partial charge in [-0.3, -0.25) is 9.59 Å². The molecule has 1 aliphatic rings. The number of hydrazone groups is 1. The predicted octanol–water partition coefficient (Wildman–Crippen LogP) is 3.53. The summed E-state index contributed by atoms with van der Waals surface area (Å²) in [6.07, 6.45) is 2.02. The van der Waals surface area contributed by atoms with Crippen LogP contribution in [0.15, 0.2) is 59.3 Å². The molecule has 0 radical (unpaired) electrons. The first-order chi connectivity index (χ1) is 17.2. The molecule has 190 valence electrons. The lowest BCUT2D eigenvalue weighted by Crippen LogP contribution is -2.63. The van der Waals surface area contributed by atoms with Crippen molar-refractivity contribution in [3.8, 4) is 0 Å². The van der Waals surface area contributed by atoms with Crippen LogP contribution in [-0.2, 0) is 15.2 Å². The maximum absolute atomic E-state index is 14.4. The minimum absolute atomic E-state index is 0.0225. The Morgan fingerprint density at radius 1 is 1.28 bits per heavy atom. The molecule has 0 aliphatic carbocycles. The Kier molecular flexibility index (Phi) is 8.21. The number of allylic oxidation sites excluding steroid dienone is 1. The van der Waals surface area contributed by atoms with Crippen LogP contribution in [-0.4, -0.2) is 63.1 Å². The van der Waals surface area contributed by atoms with Gasteiger partial charge in [0.1, 0.15) is 11.6 Å². The zero-order chi connectivity index (χ0) is 26.5. The summed E-state index contributed by atoms with van der Waals surface area (Å²) < 4.78 is 14.4. The number of likely N-dealkylation sites (tertiary alicyclic amines) is 1. The first-order valence-electron chi connectivity index (χ1n) is 11.7. The summed E-state index contributed by atoms with van der Waals surface area (Å²) in [6.45, 7) is 7.39. The number of β-amino-alcohol motifs (C(OH)–C–C–N with tert-alkyl or cyclic N) is 1. The lowest BCUT2D eigenvalue weighted by molar-refractivity contribution is -0.151. The number of halogens is 1. The number of amides is 2. The number of fused-ring (bicyclic) bond motifs is 1. The van der Waals surface area contributed by atoms with Crippen molar-refractivity contribution in [1.29, 1.82) is 0 Å².